The Labute approximate surface area is 208 Å². The van der Waals surface area contributed by atoms with E-state index in [9.17, 15) is 4.79 Å². The van der Waals surface area contributed by atoms with Gasteiger partial charge in [-0.15, -0.1) is 11.3 Å². The molecule has 0 fully saturated rings. The number of aromatic nitrogens is 2. The van der Waals surface area contributed by atoms with Gasteiger partial charge in [-0.1, -0.05) is 0 Å². The van der Waals surface area contributed by atoms with Gasteiger partial charge in [0.2, 0.25) is 5.95 Å². The Bertz CT molecular complexity index is 1330. The molecule has 9 heteroatoms. The molecule has 1 aromatic carbocycles. The van der Waals surface area contributed by atoms with Crippen LogP contribution in [-0.4, -0.2) is 30.1 Å². The van der Waals surface area contributed by atoms with Crippen LogP contribution in [-0.2, 0) is 0 Å². The molecule has 0 aliphatic rings. The molecule has 3 aromatic heterocycles. The van der Waals surface area contributed by atoms with Crippen molar-refractivity contribution in [3.8, 4) is 11.5 Å². The van der Waals surface area contributed by atoms with Crippen LogP contribution in [0.4, 0.5) is 10.9 Å². The van der Waals surface area contributed by atoms with E-state index in [4.69, 9.17) is 13.9 Å². The highest BCUT2D eigenvalue weighted by atomic mass is 32.1. The van der Waals surface area contributed by atoms with E-state index in [1.165, 1.54) is 17.6 Å². The predicted octanol–water partition coefficient (Wildman–Crippen LogP) is 5.84. The van der Waals surface area contributed by atoms with Crippen LogP contribution in [0.3, 0.4) is 0 Å². The summed E-state index contributed by atoms with van der Waals surface area (Å²) >= 11 is 1.50. The van der Waals surface area contributed by atoms with Crippen LogP contribution >= 0.6 is 11.3 Å². The van der Waals surface area contributed by atoms with E-state index in [2.05, 4.69) is 20.6 Å². The summed E-state index contributed by atoms with van der Waals surface area (Å²) in [5.41, 5.74) is 4.45. The molecule has 0 bridgehead atoms. The minimum atomic E-state index is -0.446. The molecule has 35 heavy (non-hydrogen) atoms. The van der Waals surface area contributed by atoms with Crippen molar-refractivity contribution >= 4 is 28.2 Å². The van der Waals surface area contributed by atoms with E-state index < -0.39 is 6.04 Å². The predicted molar refractivity (Wildman–Crippen MR) is 137 cm³/mol. The van der Waals surface area contributed by atoms with E-state index in [1.54, 1.807) is 26.4 Å². The topological polar surface area (TPSA) is 98.5 Å². The highest BCUT2D eigenvalue weighted by molar-refractivity contribution is 7.16. The number of nitrogens with zero attached hydrogens (tertiary/aromatic N) is 2. The molecular formula is C26H28N4O4S. The molecule has 0 saturated carbocycles. The molecule has 4 rings (SSSR count). The first-order chi connectivity index (χ1) is 16.8. The summed E-state index contributed by atoms with van der Waals surface area (Å²) in [6.45, 7) is 7.92. The standard InChI is InChI=1S/C26H28N4O4S/c1-14-12-15(2)28-26(27-14)29-23(19-13-18(32-5)9-10-20(19)33-6)22-16(3)17(4)35-25(22)30-24(31)21-8-7-11-34-21/h7-13,23H,1-6H3,(H,30,31)(H,27,28,29). The monoisotopic (exact) mass is 492 g/mol. The fourth-order valence-corrected chi connectivity index (χ4v) is 5.04. The Balaban J connectivity index is 1.88. The lowest BCUT2D eigenvalue weighted by atomic mass is 9.95. The zero-order valence-electron chi connectivity index (χ0n) is 20.6. The summed E-state index contributed by atoms with van der Waals surface area (Å²) in [4.78, 5) is 23.2. The summed E-state index contributed by atoms with van der Waals surface area (Å²) in [5, 5.41) is 7.23. The summed E-state index contributed by atoms with van der Waals surface area (Å²) in [6.07, 6.45) is 1.48. The lowest BCUT2D eigenvalue weighted by molar-refractivity contribution is 0.0997. The van der Waals surface area contributed by atoms with E-state index >= 15 is 0 Å². The van der Waals surface area contributed by atoms with E-state index in [0.29, 0.717) is 22.4 Å². The molecule has 3 heterocycles. The van der Waals surface area contributed by atoms with Crippen LogP contribution in [0.25, 0.3) is 0 Å². The van der Waals surface area contributed by atoms with Crippen molar-refractivity contribution < 1.29 is 18.7 Å². The van der Waals surface area contributed by atoms with Gasteiger partial charge in [0.25, 0.3) is 5.91 Å². The number of carbonyl (C=O) groups is 1. The third-order valence-corrected chi connectivity index (χ3v) is 6.83. The van der Waals surface area contributed by atoms with E-state index in [0.717, 1.165) is 33.0 Å². The first kappa shape index (κ1) is 24.3. The van der Waals surface area contributed by atoms with E-state index in [-0.39, 0.29) is 11.7 Å². The number of carbonyl (C=O) groups excluding carboxylic acids is 1. The van der Waals surface area contributed by atoms with Crippen molar-refractivity contribution in [1.82, 2.24) is 9.97 Å². The molecule has 0 saturated heterocycles. The van der Waals surface area contributed by atoms with Crippen LogP contribution in [0.2, 0.25) is 0 Å². The second-order valence-corrected chi connectivity index (χ2v) is 9.34. The lowest BCUT2D eigenvalue weighted by Gasteiger charge is -2.24. The van der Waals surface area contributed by atoms with Gasteiger partial charge in [0, 0.05) is 27.4 Å². The number of thiophene rings is 1. The maximum atomic E-state index is 12.9. The second-order valence-electron chi connectivity index (χ2n) is 8.12. The number of hydrogen-bond donors (Lipinski definition) is 2. The molecule has 1 atom stereocenters. The van der Waals surface area contributed by atoms with Crippen LogP contribution in [0.1, 0.15) is 49.6 Å². The Morgan fingerprint density at radius 2 is 1.77 bits per heavy atom. The van der Waals surface area contributed by atoms with Gasteiger partial charge in [0.1, 0.15) is 16.5 Å². The van der Waals surface area contributed by atoms with Gasteiger partial charge in [0.15, 0.2) is 5.76 Å². The maximum Gasteiger partial charge on any atom is 0.291 e. The number of rotatable bonds is 8. The number of methoxy groups -OCH3 is 2. The van der Waals surface area contributed by atoms with Crippen molar-refractivity contribution in [1.29, 1.82) is 0 Å². The van der Waals surface area contributed by atoms with Crippen molar-refractivity contribution in [2.75, 3.05) is 24.9 Å². The van der Waals surface area contributed by atoms with Gasteiger partial charge in [-0.05, 0) is 69.7 Å². The number of anilines is 2. The summed E-state index contributed by atoms with van der Waals surface area (Å²) in [6, 6.07) is 10.4. The number of furan rings is 1. The van der Waals surface area contributed by atoms with Crippen LogP contribution in [0.15, 0.2) is 47.1 Å². The van der Waals surface area contributed by atoms with Crippen molar-refractivity contribution in [3.05, 3.63) is 81.4 Å². The Morgan fingerprint density at radius 3 is 2.40 bits per heavy atom. The quantitative estimate of drug-likeness (QED) is 0.319. The van der Waals surface area contributed by atoms with Gasteiger partial charge in [-0.25, -0.2) is 9.97 Å². The van der Waals surface area contributed by atoms with E-state index in [1.807, 2.05) is 52.0 Å². The third-order valence-electron chi connectivity index (χ3n) is 5.70. The zero-order chi connectivity index (χ0) is 25.1. The smallest absolute Gasteiger partial charge is 0.291 e. The molecule has 2 N–H and O–H groups in total. The molecule has 1 amide bonds. The molecule has 8 nitrogen and oxygen atoms in total. The Hall–Kier alpha value is -3.85. The van der Waals surface area contributed by atoms with Crippen LogP contribution in [0.5, 0.6) is 11.5 Å². The van der Waals surface area contributed by atoms with Gasteiger partial charge < -0.3 is 24.5 Å². The number of aryl methyl sites for hydroxylation is 3. The first-order valence-corrected chi connectivity index (χ1v) is 11.9. The van der Waals surface area contributed by atoms with Crippen LogP contribution in [0, 0.1) is 27.7 Å². The SMILES string of the molecule is COc1ccc(OC)c(C(Nc2nc(C)cc(C)n2)c2c(NC(=O)c3ccco3)sc(C)c2C)c1. The molecular weight excluding hydrogens is 464 g/mol. The molecule has 0 aliphatic heterocycles. The van der Waals surface area contributed by atoms with Crippen molar-refractivity contribution in [2.45, 2.75) is 33.7 Å². The molecule has 182 valence electrons. The average Bonchev–Trinajstić information content (AvgIpc) is 3.45. The minimum Gasteiger partial charge on any atom is -0.497 e. The van der Waals surface area contributed by atoms with Crippen molar-refractivity contribution in [2.24, 2.45) is 0 Å². The van der Waals surface area contributed by atoms with Gasteiger partial charge in [0.05, 0.1) is 26.5 Å². The number of benzene rings is 1. The summed E-state index contributed by atoms with van der Waals surface area (Å²) in [7, 11) is 3.25. The molecule has 4 aromatic rings. The number of nitrogens with one attached hydrogen (secondary N) is 2. The van der Waals surface area contributed by atoms with Gasteiger partial charge in [-0.3, -0.25) is 4.79 Å². The molecule has 0 radical (unpaired) electrons. The summed E-state index contributed by atoms with van der Waals surface area (Å²) < 4.78 is 16.5. The minimum absolute atomic E-state index is 0.237. The fraction of sp³-hybridized carbons (Fsp3) is 0.269. The maximum absolute atomic E-state index is 12.9. The highest BCUT2D eigenvalue weighted by Crippen LogP contribution is 2.44. The normalized spacial score (nSPS) is 11.7. The lowest BCUT2D eigenvalue weighted by Crippen LogP contribution is -2.19. The average molecular weight is 493 g/mol. The first-order valence-electron chi connectivity index (χ1n) is 11.1. The Kier molecular flexibility index (Phi) is 7.07. The fourth-order valence-electron chi connectivity index (χ4n) is 3.95. The number of amides is 1. The third kappa shape index (κ3) is 5.14. The second kappa shape index (κ2) is 10.2. The van der Waals surface area contributed by atoms with Crippen LogP contribution < -0.4 is 20.1 Å². The number of hydrogen-bond acceptors (Lipinski definition) is 8. The van der Waals surface area contributed by atoms with Gasteiger partial charge in [-0.2, -0.15) is 0 Å². The van der Waals surface area contributed by atoms with Crippen molar-refractivity contribution in [3.63, 3.8) is 0 Å². The molecule has 0 aliphatic carbocycles. The highest BCUT2D eigenvalue weighted by Gasteiger charge is 2.28. The van der Waals surface area contributed by atoms with Gasteiger partial charge >= 0.3 is 0 Å². The molecule has 1 unspecified atom stereocenters. The zero-order valence-corrected chi connectivity index (χ0v) is 21.4. The number of ether oxygens (including phenoxy) is 2. The Morgan fingerprint density at radius 1 is 1.03 bits per heavy atom. The summed E-state index contributed by atoms with van der Waals surface area (Å²) in [5.74, 6) is 1.74. The molecule has 0 spiro atoms. The largest absolute Gasteiger partial charge is 0.497 e.